The summed E-state index contributed by atoms with van der Waals surface area (Å²) >= 11 is 0. The van der Waals surface area contributed by atoms with Gasteiger partial charge in [0.2, 0.25) is 0 Å². The number of aliphatic hydroxyl groups excluding tert-OH is 1. The summed E-state index contributed by atoms with van der Waals surface area (Å²) in [6, 6.07) is 0. The van der Waals surface area contributed by atoms with Gasteiger partial charge in [0, 0.05) is 89.5 Å². The van der Waals surface area contributed by atoms with Crippen LogP contribution < -0.4 is 43.0 Å². The highest BCUT2D eigenvalue weighted by Gasteiger charge is 2.27. The predicted octanol–water partition coefficient (Wildman–Crippen LogP) is 5.30. The first-order valence-corrected chi connectivity index (χ1v) is 32.3. The molecular weight excluding hydrogens is 1190 g/mol. The van der Waals surface area contributed by atoms with Crippen LogP contribution >= 0.6 is 0 Å². The molecule has 2 unspecified atom stereocenters. The van der Waals surface area contributed by atoms with E-state index in [4.69, 9.17) is 15.6 Å². The Kier molecular flexibility index (Phi) is 90.3. The molecule has 0 aliphatic carbocycles. The van der Waals surface area contributed by atoms with Crippen LogP contribution in [-0.2, 0) is 71.8 Å². The molecule has 0 heterocycles. The SMILES string of the molecule is CC(=O)COCCN.CCCC(=O)C(CC(C)C)C(C)=O.CCCCC(CO)C(C)=O.CCN(CCC(C)=O)CNC.CNCC(C)(C)C(=O)CC(C)=O.CNCCC(=O)CC(C)=O.CNCCCCC(C)=O.CNCNCCC(C)=O.CNCOC(=O)CC(C)=O. The molecule has 2 atom stereocenters. The standard InChI is InChI=1S/C11H20O2.C9H17NO2.C8H18N2O.C8H16O2.C7H13NO2.C7H15NO.C6H14N2O.C6H11NO3.C5H11NO2/c1-5-6-11(13)10(9(4)12)7-8(2)3;1-7(11)5-8(12)9(2,3)6-10-4;1-4-10(7-9-3)6-5-8(2)11;1-3-4-5-8(6-9)7(2)10;1-6(9)5-7(10)3-4-8-2;1-7(9)5-3-4-6-8-2;1-6(9)3-4-8-5-7-2;1-5(8)3-6(9)10-4-7-2;1-5(7)4-8-3-2-6/h8,10H,5-7H2,1-4H3;10H,5-6H2,1-4H3;9H,4-7H2,1-3H3;8-9H,3-6H2,1-2H3;8H,3-5H2,1-2H3;8H,3-6H2,1-2H3;7-8H,3-5H2,1-2H3;7H,3-4H2,1-2H3;2-4,6H2,1H3. The zero-order valence-corrected chi connectivity index (χ0v) is 61.6. The van der Waals surface area contributed by atoms with Crippen LogP contribution in [0.5, 0.6) is 0 Å². The second-order valence-electron chi connectivity index (χ2n) is 23.0. The van der Waals surface area contributed by atoms with Crippen LogP contribution in [0.25, 0.3) is 0 Å². The van der Waals surface area contributed by atoms with Crippen molar-refractivity contribution < 1.29 is 76.9 Å². The maximum absolute atomic E-state index is 11.5. The third-order valence-electron chi connectivity index (χ3n) is 11.8. The molecule has 0 aromatic heterocycles. The first-order valence-electron chi connectivity index (χ1n) is 32.3. The number of carbonyl (C=O) groups excluding carboxylic acids is 13. The largest absolute Gasteiger partial charge is 0.449 e. The second-order valence-corrected chi connectivity index (χ2v) is 23.0. The number of ketones is 12. The van der Waals surface area contributed by atoms with Crippen LogP contribution in [0, 0.1) is 23.2 Å². The molecule has 0 aromatic rings. The van der Waals surface area contributed by atoms with E-state index in [2.05, 4.69) is 60.7 Å². The highest BCUT2D eigenvalue weighted by molar-refractivity contribution is 6.01. The van der Waals surface area contributed by atoms with Crippen molar-refractivity contribution in [3.63, 3.8) is 0 Å². The maximum atomic E-state index is 11.5. The maximum Gasteiger partial charge on any atom is 0.314 e. The Morgan fingerprint density at radius 1 is 0.554 bits per heavy atom. The number of carbonyl (C=O) groups is 13. The Hall–Kier alpha value is -4.93. The molecule has 0 fully saturated rings. The van der Waals surface area contributed by atoms with Crippen molar-refractivity contribution in [2.45, 2.75) is 207 Å². The molecule has 92 heavy (non-hydrogen) atoms. The number of aliphatic hydroxyl groups is 1. The van der Waals surface area contributed by atoms with Gasteiger partial charge in [0.05, 0.1) is 32.0 Å². The summed E-state index contributed by atoms with van der Waals surface area (Å²) in [6.45, 7) is 35.4. The molecule has 0 bridgehead atoms. The highest BCUT2D eigenvalue weighted by atomic mass is 16.5. The lowest BCUT2D eigenvalue weighted by Gasteiger charge is -2.21. The second kappa shape index (κ2) is 78.5. The van der Waals surface area contributed by atoms with E-state index in [0.717, 1.165) is 84.5 Å². The monoisotopic (exact) mass is 1320 g/mol. The van der Waals surface area contributed by atoms with Crippen molar-refractivity contribution in [1.29, 1.82) is 0 Å². The van der Waals surface area contributed by atoms with E-state index in [9.17, 15) is 62.3 Å². The molecule has 0 rings (SSSR count). The summed E-state index contributed by atoms with van der Waals surface area (Å²) in [6.07, 6.45) is 9.64. The van der Waals surface area contributed by atoms with Crippen LogP contribution in [0.4, 0.5) is 0 Å². The molecule has 0 aromatic carbocycles. The zero-order valence-electron chi connectivity index (χ0n) is 61.6. The summed E-state index contributed by atoms with van der Waals surface area (Å²) in [5.74, 6) is 0.267. The number of nitrogens with one attached hydrogen (secondary N) is 7. The summed E-state index contributed by atoms with van der Waals surface area (Å²) in [4.78, 5) is 141. The molecular formula is C67H135N9O16. The molecule has 25 nitrogen and oxygen atoms in total. The number of esters is 1. The van der Waals surface area contributed by atoms with Gasteiger partial charge >= 0.3 is 5.97 Å². The third kappa shape index (κ3) is 101. The van der Waals surface area contributed by atoms with E-state index in [1.807, 2.05) is 55.8 Å². The van der Waals surface area contributed by atoms with Gasteiger partial charge in [-0.15, -0.1) is 0 Å². The lowest BCUT2D eigenvalue weighted by atomic mass is 9.85. The van der Waals surface area contributed by atoms with Crippen LogP contribution in [0.2, 0.25) is 0 Å². The topological polar surface area (TPSA) is 374 Å². The van der Waals surface area contributed by atoms with Crippen molar-refractivity contribution in [2.75, 3.05) is 128 Å². The Morgan fingerprint density at radius 2 is 1.10 bits per heavy atom. The fraction of sp³-hybridized carbons (Fsp3) is 0.806. The predicted molar refractivity (Wildman–Crippen MR) is 369 cm³/mol. The van der Waals surface area contributed by atoms with Crippen LogP contribution in [-0.4, -0.2) is 213 Å². The van der Waals surface area contributed by atoms with Crippen molar-refractivity contribution in [2.24, 2.45) is 28.9 Å². The number of rotatable bonds is 45. The van der Waals surface area contributed by atoms with E-state index in [0.29, 0.717) is 70.0 Å². The summed E-state index contributed by atoms with van der Waals surface area (Å²) < 4.78 is 9.30. The Labute approximate surface area is 556 Å². The molecule has 0 saturated heterocycles. The van der Waals surface area contributed by atoms with Crippen LogP contribution in [0.15, 0.2) is 0 Å². The molecule has 10 N–H and O–H groups in total. The lowest BCUT2D eigenvalue weighted by Crippen LogP contribution is -2.35. The lowest BCUT2D eigenvalue weighted by molar-refractivity contribution is -0.146. The number of nitrogens with two attached hydrogens (primary N) is 1. The Balaban J connectivity index is -0.000000121. The fourth-order valence-corrected chi connectivity index (χ4v) is 6.67. The van der Waals surface area contributed by atoms with Gasteiger partial charge in [-0.1, -0.05) is 61.3 Å². The molecule has 0 amide bonds. The number of ether oxygens (including phenoxy) is 2. The minimum atomic E-state index is -0.484. The summed E-state index contributed by atoms with van der Waals surface area (Å²) in [5, 5.41) is 29.1. The van der Waals surface area contributed by atoms with E-state index < -0.39 is 11.4 Å². The number of hydrogen-bond donors (Lipinski definition) is 9. The fourth-order valence-electron chi connectivity index (χ4n) is 6.67. The number of unbranched alkanes of at least 4 members (excludes halogenated alkanes) is 2. The molecule has 0 saturated carbocycles. The first-order chi connectivity index (χ1) is 42.9. The average molecular weight is 1320 g/mol. The summed E-state index contributed by atoms with van der Waals surface area (Å²) in [7, 11) is 10.9. The normalized spacial score (nSPS) is 10.7. The van der Waals surface area contributed by atoms with E-state index in [1.165, 1.54) is 41.5 Å². The van der Waals surface area contributed by atoms with Gasteiger partial charge in [0.1, 0.15) is 83.4 Å². The third-order valence-corrected chi connectivity index (χ3v) is 11.8. The molecule has 0 radical (unpaired) electrons. The molecule has 0 aliphatic heterocycles. The average Bonchev–Trinajstić information content (AvgIpc) is 1.11. The Bertz CT molecular complexity index is 1870. The quantitative estimate of drug-likeness (QED) is 0.0161. The van der Waals surface area contributed by atoms with Gasteiger partial charge in [-0.2, -0.15) is 0 Å². The molecule has 0 spiro atoms. The first kappa shape index (κ1) is 106. The van der Waals surface area contributed by atoms with E-state index >= 15 is 0 Å². The molecule has 544 valence electrons. The van der Waals surface area contributed by atoms with Gasteiger partial charge < -0.3 is 57.0 Å². The van der Waals surface area contributed by atoms with Crippen molar-refractivity contribution in [1.82, 2.24) is 42.1 Å². The minimum absolute atomic E-state index is 0.00403. The van der Waals surface area contributed by atoms with Crippen molar-refractivity contribution >= 4 is 75.4 Å². The van der Waals surface area contributed by atoms with E-state index in [-0.39, 0.29) is 115 Å². The number of nitrogens with zero attached hydrogens (tertiary/aromatic N) is 1. The number of hydrogen-bond acceptors (Lipinski definition) is 25. The molecule has 25 heteroatoms. The van der Waals surface area contributed by atoms with Crippen LogP contribution in [0.1, 0.15) is 207 Å². The van der Waals surface area contributed by atoms with Crippen molar-refractivity contribution in [3.05, 3.63) is 0 Å². The van der Waals surface area contributed by atoms with E-state index in [1.54, 1.807) is 41.9 Å². The van der Waals surface area contributed by atoms with Gasteiger partial charge in [-0.25, -0.2) is 0 Å². The van der Waals surface area contributed by atoms with Crippen LogP contribution in [0.3, 0.4) is 0 Å². The number of Topliss-reactive ketones (excluding diaryl/α,β-unsaturated/α-hetero) is 12. The zero-order chi connectivity index (χ0) is 73.5. The highest BCUT2D eigenvalue weighted by Crippen LogP contribution is 2.18. The smallest absolute Gasteiger partial charge is 0.314 e. The molecule has 0 aliphatic rings. The van der Waals surface area contributed by atoms with Gasteiger partial charge in [0.25, 0.3) is 0 Å². The van der Waals surface area contributed by atoms with Gasteiger partial charge in [0.15, 0.2) is 5.78 Å². The minimum Gasteiger partial charge on any atom is -0.449 e. The van der Waals surface area contributed by atoms with Gasteiger partial charge in [-0.3, -0.25) is 67.8 Å². The summed E-state index contributed by atoms with van der Waals surface area (Å²) in [5.41, 5.74) is 4.65. The van der Waals surface area contributed by atoms with Gasteiger partial charge in [-0.05, 0) is 156 Å². The Morgan fingerprint density at radius 3 is 1.47 bits per heavy atom. The van der Waals surface area contributed by atoms with Crippen molar-refractivity contribution in [3.8, 4) is 0 Å².